The third-order valence-corrected chi connectivity index (χ3v) is 4.55. The minimum atomic E-state index is -0.547. The van der Waals surface area contributed by atoms with E-state index in [2.05, 4.69) is 15.6 Å². The summed E-state index contributed by atoms with van der Waals surface area (Å²) in [4.78, 5) is 30.2. The number of nitrogens with one attached hydrogen (secondary N) is 2. The van der Waals surface area contributed by atoms with Gasteiger partial charge in [-0.3, -0.25) is 10.1 Å². The fourth-order valence-electron chi connectivity index (χ4n) is 2.40. The number of β-lactam (4-membered cyclic amide) rings is 1. The van der Waals surface area contributed by atoms with Crippen molar-refractivity contribution in [3.8, 4) is 0 Å². The fourth-order valence-corrected chi connectivity index (χ4v) is 3.14. The van der Waals surface area contributed by atoms with Gasteiger partial charge in [-0.25, -0.2) is 9.78 Å². The Labute approximate surface area is 156 Å². The Morgan fingerprint density at radius 3 is 2.85 bits per heavy atom. The first-order valence-electron chi connectivity index (χ1n) is 8.39. The van der Waals surface area contributed by atoms with Gasteiger partial charge in [0.25, 0.3) is 0 Å². The first-order valence-corrected chi connectivity index (χ1v) is 9.21. The molecular weight excluding hydrogens is 352 g/mol. The molecule has 3 rings (SSSR count). The van der Waals surface area contributed by atoms with Crippen molar-refractivity contribution >= 4 is 39.8 Å². The summed E-state index contributed by atoms with van der Waals surface area (Å²) in [7, 11) is 0. The molecule has 0 radical (unpaired) electrons. The van der Waals surface area contributed by atoms with Crippen LogP contribution in [0.3, 0.4) is 0 Å². The van der Waals surface area contributed by atoms with Crippen LogP contribution in [0.4, 0.5) is 21.3 Å². The van der Waals surface area contributed by atoms with E-state index in [0.717, 1.165) is 22.8 Å². The van der Waals surface area contributed by atoms with Gasteiger partial charge in [0.1, 0.15) is 5.60 Å². The van der Waals surface area contributed by atoms with Crippen LogP contribution in [0.25, 0.3) is 0 Å². The zero-order valence-electron chi connectivity index (χ0n) is 15.0. The summed E-state index contributed by atoms with van der Waals surface area (Å²) in [5.41, 5.74) is 1.29. The lowest BCUT2D eigenvalue weighted by atomic mass is 10.1. The average Bonchev–Trinajstić information content (AvgIpc) is 2.97. The molecule has 0 bridgehead atoms. The Morgan fingerprint density at radius 1 is 1.38 bits per heavy atom. The Balaban J connectivity index is 1.54. The highest BCUT2D eigenvalue weighted by Gasteiger charge is 2.25. The number of amides is 2. The van der Waals surface area contributed by atoms with Crippen LogP contribution in [0.15, 0.2) is 30.5 Å². The minimum absolute atomic E-state index is 0.155. The number of hydrogen-bond donors (Lipinski definition) is 2. The Morgan fingerprint density at radius 2 is 2.19 bits per heavy atom. The molecule has 2 N–H and O–H groups in total. The van der Waals surface area contributed by atoms with Gasteiger partial charge in [0.15, 0.2) is 5.13 Å². The smallest absolute Gasteiger partial charge is 0.413 e. The van der Waals surface area contributed by atoms with E-state index >= 15 is 0 Å². The van der Waals surface area contributed by atoms with Gasteiger partial charge >= 0.3 is 6.09 Å². The first kappa shape index (κ1) is 18.2. The maximum Gasteiger partial charge on any atom is 0.413 e. The van der Waals surface area contributed by atoms with Gasteiger partial charge < -0.3 is 15.0 Å². The quantitative estimate of drug-likeness (QED) is 0.777. The first-order chi connectivity index (χ1) is 12.3. The fraction of sp³-hybridized carbons (Fsp3) is 0.389. The lowest BCUT2D eigenvalue weighted by Gasteiger charge is -2.30. The molecular formula is C18H22N4O3S. The van der Waals surface area contributed by atoms with Crippen LogP contribution in [0.5, 0.6) is 0 Å². The highest BCUT2D eigenvalue weighted by Crippen LogP contribution is 2.26. The molecule has 7 nitrogen and oxygen atoms in total. The average molecular weight is 374 g/mol. The summed E-state index contributed by atoms with van der Waals surface area (Å²) >= 11 is 1.38. The second-order valence-electron chi connectivity index (χ2n) is 6.96. The zero-order chi connectivity index (χ0) is 18.7. The van der Waals surface area contributed by atoms with Crippen LogP contribution in [-0.2, 0) is 16.1 Å². The summed E-state index contributed by atoms with van der Waals surface area (Å²) < 4.78 is 5.21. The van der Waals surface area contributed by atoms with Crippen molar-refractivity contribution < 1.29 is 14.3 Å². The summed E-state index contributed by atoms with van der Waals surface area (Å²) in [6, 6.07) is 7.76. The number of thiazole rings is 1. The van der Waals surface area contributed by atoms with Crippen molar-refractivity contribution in [1.29, 1.82) is 0 Å². The molecule has 1 fully saturated rings. The van der Waals surface area contributed by atoms with Crippen molar-refractivity contribution in [1.82, 2.24) is 4.98 Å². The van der Waals surface area contributed by atoms with E-state index in [1.54, 1.807) is 11.1 Å². The van der Waals surface area contributed by atoms with E-state index in [0.29, 0.717) is 18.1 Å². The molecule has 1 saturated heterocycles. The number of carbonyl (C=O) groups is 2. The molecule has 0 unspecified atom stereocenters. The third kappa shape index (κ3) is 4.72. The molecule has 1 aliphatic rings. The molecule has 1 aromatic carbocycles. The molecule has 2 heterocycles. The topological polar surface area (TPSA) is 83.6 Å². The normalized spacial score (nSPS) is 14.0. The van der Waals surface area contributed by atoms with Crippen LogP contribution in [0.2, 0.25) is 0 Å². The predicted molar refractivity (Wildman–Crippen MR) is 103 cm³/mol. The maximum atomic E-state index is 11.8. The number of ether oxygens (including phenoxy) is 1. The van der Waals surface area contributed by atoms with Crippen LogP contribution in [0.1, 0.15) is 32.1 Å². The highest BCUT2D eigenvalue weighted by atomic mass is 32.1. The zero-order valence-corrected chi connectivity index (χ0v) is 15.9. The number of aromatic nitrogens is 1. The summed E-state index contributed by atoms with van der Waals surface area (Å²) in [6.07, 6.45) is 1.82. The van der Waals surface area contributed by atoms with Crippen molar-refractivity contribution in [3.05, 3.63) is 35.3 Å². The number of benzene rings is 1. The molecule has 1 aromatic heterocycles. The van der Waals surface area contributed by atoms with Crippen LogP contribution >= 0.6 is 11.3 Å². The van der Waals surface area contributed by atoms with Crippen LogP contribution in [0, 0.1) is 0 Å². The highest BCUT2D eigenvalue weighted by molar-refractivity contribution is 7.15. The lowest BCUT2D eigenvalue weighted by Crippen LogP contribution is -2.43. The molecule has 0 spiro atoms. The second-order valence-corrected chi connectivity index (χ2v) is 8.07. The SMILES string of the molecule is CC(C)(C)OC(=O)Nc1ncc(CNc2cccc(N3CCC3=O)c2)s1. The molecule has 8 heteroatoms. The van der Waals surface area contributed by atoms with Gasteiger partial charge in [-0.05, 0) is 39.0 Å². The van der Waals surface area contributed by atoms with Gasteiger partial charge in [0, 0.05) is 35.4 Å². The summed E-state index contributed by atoms with van der Waals surface area (Å²) in [5, 5.41) is 6.44. The molecule has 26 heavy (non-hydrogen) atoms. The number of nitrogens with zero attached hydrogens (tertiary/aromatic N) is 2. The van der Waals surface area contributed by atoms with Crippen molar-refractivity contribution in [2.75, 3.05) is 22.1 Å². The summed E-state index contributed by atoms with van der Waals surface area (Å²) in [6.45, 7) is 6.78. The Hall–Kier alpha value is -2.61. The minimum Gasteiger partial charge on any atom is -0.444 e. The Kier molecular flexibility index (Phi) is 5.13. The van der Waals surface area contributed by atoms with E-state index < -0.39 is 11.7 Å². The van der Waals surface area contributed by atoms with Crippen LogP contribution in [-0.4, -0.2) is 29.1 Å². The molecule has 0 saturated carbocycles. The van der Waals surface area contributed by atoms with E-state index in [9.17, 15) is 9.59 Å². The molecule has 2 amide bonds. The lowest BCUT2D eigenvalue weighted by molar-refractivity contribution is -0.122. The molecule has 138 valence electrons. The third-order valence-electron chi connectivity index (χ3n) is 3.64. The van der Waals surface area contributed by atoms with E-state index in [1.807, 2.05) is 45.0 Å². The van der Waals surface area contributed by atoms with Gasteiger partial charge in [-0.15, -0.1) is 0 Å². The summed E-state index contributed by atoms with van der Waals surface area (Å²) in [5.74, 6) is 0.155. The maximum absolute atomic E-state index is 11.8. The van der Waals surface area contributed by atoms with Gasteiger partial charge in [0.05, 0.1) is 6.54 Å². The van der Waals surface area contributed by atoms with Gasteiger partial charge in [-0.2, -0.15) is 0 Å². The molecule has 0 aliphatic carbocycles. The van der Waals surface area contributed by atoms with Crippen molar-refractivity contribution in [3.63, 3.8) is 0 Å². The standard InChI is InChI=1S/C18H22N4O3S/c1-18(2,3)25-17(24)21-16-20-11-14(26-16)10-19-12-5-4-6-13(9-12)22-8-7-15(22)23/h4-6,9,11,19H,7-8,10H2,1-3H3,(H,20,21,24). The number of anilines is 3. The number of carbonyl (C=O) groups excluding carboxylic acids is 2. The molecule has 1 aliphatic heterocycles. The van der Waals surface area contributed by atoms with E-state index in [-0.39, 0.29) is 5.91 Å². The van der Waals surface area contributed by atoms with E-state index in [1.165, 1.54) is 11.3 Å². The molecule has 0 atom stereocenters. The largest absolute Gasteiger partial charge is 0.444 e. The predicted octanol–water partition coefficient (Wildman–Crippen LogP) is 3.84. The number of hydrogen-bond acceptors (Lipinski definition) is 6. The second kappa shape index (κ2) is 7.33. The van der Waals surface area contributed by atoms with Crippen molar-refractivity contribution in [2.24, 2.45) is 0 Å². The van der Waals surface area contributed by atoms with Crippen LogP contribution < -0.4 is 15.5 Å². The van der Waals surface area contributed by atoms with Crippen molar-refractivity contribution in [2.45, 2.75) is 39.3 Å². The number of rotatable bonds is 5. The Bertz CT molecular complexity index is 813. The monoisotopic (exact) mass is 374 g/mol. The molecule has 2 aromatic rings. The van der Waals surface area contributed by atoms with Gasteiger partial charge in [0.2, 0.25) is 5.91 Å². The van der Waals surface area contributed by atoms with Gasteiger partial charge in [-0.1, -0.05) is 17.4 Å². The van der Waals surface area contributed by atoms with E-state index in [4.69, 9.17) is 4.74 Å².